The topological polar surface area (TPSA) is 33.0 Å². The Hall–Kier alpha value is -2.86. The Morgan fingerprint density at radius 3 is 2.55 bits per heavy atom. The molecule has 0 unspecified atom stereocenters. The Balaban J connectivity index is 2.00. The molecule has 0 aliphatic heterocycles. The largest absolute Gasteiger partial charge is 0.485 e. The van der Waals surface area contributed by atoms with Crippen LogP contribution >= 0.6 is 0 Å². The minimum atomic E-state index is -0.565. The van der Waals surface area contributed by atoms with Crippen LogP contribution in [-0.4, -0.2) is 0 Å². The third-order valence-corrected chi connectivity index (χ3v) is 3.65. The molecule has 3 aromatic rings. The standard InChI is InChI=1S/C19H14FNO/c1-13(22-19-11-5-10-18(20)17(19)12-21)15-9-4-7-14-6-2-3-8-16(14)15/h2-11,13H,1H3/t13-/m0/s1. The van der Waals surface area contributed by atoms with Crippen LogP contribution < -0.4 is 4.74 Å². The molecule has 0 radical (unpaired) electrons. The molecule has 0 heterocycles. The summed E-state index contributed by atoms with van der Waals surface area (Å²) in [5.74, 6) is -0.298. The number of nitriles is 1. The molecule has 0 fully saturated rings. The van der Waals surface area contributed by atoms with Gasteiger partial charge in [0.1, 0.15) is 29.3 Å². The molecule has 3 heteroatoms. The van der Waals surface area contributed by atoms with Crippen LogP contribution in [0.15, 0.2) is 60.7 Å². The maximum Gasteiger partial charge on any atom is 0.144 e. The molecule has 0 bridgehead atoms. The van der Waals surface area contributed by atoms with Crippen LogP contribution in [0.1, 0.15) is 24.2 Å². The minimum absolute atomic E-state index is 0.0606. The summed E-state index contributed by atoms with van der Waals surface area (Å²) in [6.07, 6.45) is -0.292. The van der Waals surface area contributed by atoms with E-state index < -0.39 is 5.82 Å². The van der Waals surface area contributed by atoms with Crippen LogP contribution in [0.2, 0.25) is 0 Å². The highest BCUT2D eigenvalue weighted by molar-refractivity contribution is 5.86. The first-order chi connectivity index (χ1) is 10.7. The molecule has 22 heavy (non-hydrogen) atoms. The summed E-state index contributed by atoms with van der Waals surface area (Å²) in [5, 5.41) is 11.3. The second-order valence-corrected chi connectivity index (χ2v) is 5.05. The number of rotatable bonds is 3. The predicted octanol–water partition coefficient (Wildman–Crippen LogP) is 4.99. The lowest BCUT2D eigenvalue weighted by Gasteiger charge is -2.18. The fraction of sp³-hybridized carbons (Fsp3) is 0.105. The number of hydrogen-bond donors (Lipinski definition) is 0. The van der Waals surface area contributed by atoms with Gasteiger partial charge in [-0.25, -0.2) is 4.39 Å². The lowest BCUT2D eigenvalue weighted by atomic mass is 10.0. The van der Waals surface area contributed by atoms with Crippen molar-refractivity contribution in [3.05, 3.63) is 77.6 Å². The molecule has 2 nitrogen and oxygen atoms in total. The average Bonchev–Trinajstić information content (AvgIpc) is 2.54. The summed E-state index contributed by atoms with van der Waals surface area (Å²) in [7, 11) is 0. The van der Waals surface area contributed by atoms with Gasteiger partial charge in [0.15, 0.2) is 0 Å². The second-order valence-electron chi connectivity index (χ2n) is 5.05. The van der Waals surface area contributed by atoms with Crippen molar-refractivity contribution in [2.45, 2.75) is 13.0 Å². The van der Waals surface area contributed by atoms with Gasteiger partial charge in [0.05, 0.1) is 0 Å². The molecule has 3 rings (SSSR count). The van der Waals surface area contributed by atoms with Gasteiger partial charge >= 0.3 is 0 Å². The number of fused-ring (bicyclic) bond motifs is 1. The quantitative estimate of drug-likeness (QED) is 0.681. The van der Waals surface area contributed by atoms with E-state index in [1.807, 2.05) is 55.5 Å². The highest BCUT2D eigenvalue weighted by atomic mass is 19.1. The summed E-state index contributed by atoms with van der Waals surface area (Å²) in [4.78, 5) is 0. The van der Waals surface area contributed by atoms with Crippen molar-refractivity contribution in [2.75, 3.05) is 0 Å². The molecule has 0 aliphatic rings. The van der Waals surface area contributed by atoms with Crippen molar-refractivity contribution in [1.82, 2.24) is 0 Å². The van der Waals surface area contributed by atoms with Gasteiger partial charge in [0.2, 0.25) is 0 Å². The Morgan fingerprint density at radius 1 is 1.00 bits per heavy atom. The summed E-state index contributed by atoms with van der Waals surface area (Å²) in [6, 6.07) is 20.3. The van der Waals surface area contributed by atoms with Crippen molar-refractivity contribution in [3.8, 4) is 11.8 Å². The third-order valence-electron chi connectivity index (χ3n) is 3.65. The van der Waals surface area contributed by atoms with Crippen molar-refractivity contribution < 1.29 is 9.13 Å². The number of nitrogens with zero attached hydrogens (tertiary/aromatic N) is 1. The average molecular weight is 291 g/mol. The zero-order valence-electron chi connectivity index (χ0n) is 12.1. The van der Waals surface area contributed by atoms with Crippen molar-refractivity contribution in [1.29, 1.82) is 5.26 Å². The molecule has 0 spiro atoms. The van der Waals surface area contributed by atoms with Gasteiger partial charge in [0, 0.05) is 0 Å². The fourth-order valence-corrected chi connectivity index (χ4v) is 2.57. The summed E-state index contributed by atoms with van der Waals surface area (Å²) in [5.41, 5.74) is 0.945. The molecule has 3 aromatic carbocycles. The summed E-state index contributed by atoms with van der Waals surface area (Å²) >= 11 is 0. The van der Waals surface area contributed by atoms with Crippen LogP contribution in [0.25, 0.3) is 10.8 Å². The van der Waals surface area contributed by atoms with Crippen molar-refractivity contribution in [2.24, 2.45) is 0 Å². The lowest BCUT2D eigenvalue weighted by molar-refractivity contribution is 0.227. The highest BCUT2D eigenvalue weighted by Gasteiger charge is 2.15. The van der Waals surface area contributed by atoms with E-state index in [1.165, 1.54) is 6.07 Å². The Kier molecular flexibility index (Phi) is 3.76. The van der Waals surface area contributed by atoms with Gasteiger partial charge in [-0.05, 0) is 35.4 Å². The molecule has 1 atom stereocenters. The fourth-order valence-electron chi connectivity index (χ4n) is 2.57. The zero-order valence-corrected chi connectivity index (χ0v) is 12.1. The van der Waals surface area contributed by atoms with E-state index in [9.17, 15) is 4.39 Å². The van der Waals surface area contributed by atoms with Crippen molar-refractivity contribution in [3.63, 3.8) is 0 Å². The number of ether oxygens (including phenoxy) is 1. The molecule has 108 valence electrons. The molecule has 0 aromatic heterocycles. The van der Waals surface area contributed by atoms with Gasteiger partial charge < -0.3 is 4.74 Å². The second kappa shape index (κ2) is 5.87. The van der Waals surface area contributed by atoms with E-state index in [4.69, 9.17) is 10.00 Å². The van der Waals surface area contributed by atoms with Gasteiger partial charge in [0.25, 0.3) is 0 Å². The van der Waals surface area contributed by atoms with Crippen LogP contribution in [-0.2, 0) is 0 Å². The smallest absolute Gasteiger partial charge is 0.144 e. The SMILES string of the molecule is C[C@H](Oc1cccc(F)c1C#N)c1cccc2ccccc12. The molecule has 0 saturated heterocycles. The van der Waals surface area contributed by atoms with E-state index in [0.29, 0.717) is 0 Å². The monoisotopic (exact) mass is 291 g/mol. The maximum absolute atomic E-state index is 13.7. The van der Waals surface area contributed by atoms with Gasteiger partial charge in [-0.3, -0.25) is 0 Å². The minimum Gasteiger partial charge on any atom is -0.485 e. The first-order valence-corrected chi connectivity index (χ1v) is 7.03. The number of hydrogen-bond acceptors (Lipinski definition) is 2. The number of halogens is 1. The van der Waals surface area contributed by atoms with Crippen molar-refractivity contribution >= 4 is 10.8 Å². The normalized spacial score (nSPS) is 11.9. The van der Waals surface area contributed by atoms with Crippen LogP contribution in [0.4, 0.5) is 4.39 Å². The van der Waals surface area contributed by atoms with E-state index in [2.05, 4.69) is 0 Å². The van der Waals surface area contributed by atoms with Crippen LogP contribution in [0.5, 0.6) is 5.75 Å². The molecular weight excluding hydrogens is 277 g/mol. The zero-order chi connectivity index (χ0) is 15.5. The van der Waals surface area contributed by atoms with Crippen LogP contribution in [0.3, 0.4) is 0 Å². The molecule has 0 saturated carbocycles. The van der Waals surface area contributed by atoms with E-state index >= 15 is 0 Å². The maximum atomic E-state index is 13.7. The Morgan fingerprint density at radius 2 is 1.73 bits per heavy atom. The first-order valence-electron chi connectivity index (χ1n) is 7.03. The Labute approximate surface area is 128 Å². The molecule has 0 N–H and O–H groups in total. The lowest BCUT2D eigenvalue weighted by Crippen LogP contribution is -2.05. The summed E-state index contributed by atoms with van der Waals surface area (Å²) in [6.45, 7) is 1.90. The van der Waals surface area contributed by atoms with Gasteiger partial charge in [-0.1, -0.05) is 48.5 Å². The molecule has 0 aliphatic carbocycles. The predicted molar refractivity (Wildman–Crippen MR) is 84.1 cm³/mol. The first kappa shape index (κ1) is 14.1. The third kappa shape index (κ3) is 2.51. The van der Waals surface area contributed by atoms with Crippen LogP contribution in [0, 0.1) is 17.1 Å². The van der Waals surface area contributed by atoms with E-state index in [-0.39, 0.29) is 17.4 Å². The van der Waals surface area contributed by atoms with Gasteiger partial charge in [-0.2, -0.15) is 5.26 Å². The summed E-state index contributed by atoms with van der Waals surface area (Å²) < 4.78 is 19.5. The highest BCUT2D eigenvalue weighted by Crippen LogP contribution is 2.30. The number of benzene rings is 3. The van der Waals surface area contributed by atoms with E-state index in [0.717, 1.165) is 16.3 Å². The molecular formula is C19H14FNO. The van der Waals surface area contributed by atoms with Gasteiger partial charge in [-0.15, -0.1) is 0 Å². The Bertz CT molecular complexity index is 861. The molecule has 0 amide bonds. The van der Waals surface area contributed by atoms with E-state index in [1.54, 1.807) is 12.1 Å².